The van der Waals surface area contributed by atoms with E-state index in [0.29, 0.717) is 5.89 Å². The molecule has 5 aromatic rings. The van der Waals surface area contributed by atoms with Gasteiger partial charge in [-0.25, -0.2) is 18.6 Å². The number of rotatable bonds is 9. The molecule has 2 unspecified atom stereocenters. The Morgan fingerprint density at radius 3 is 2.07 bits per heavy atom. The topological polar surface area (TPSA) is 116 Å². The Hall–Kier alpha value is -5.45. The number of amides is 1. The third-order valence-corrected chi connectivity index (χ3v) is 7.51. The molecule has 1 amide bonds. The molecule has 44 heavy (non-hydrogen) atoms. The summed E-state index contributed by atoms with van der Waals surface area (Å²) in [6.45, 7) is 1.67. The molecule has 0 aliphatic heterocycles. The molecule has 1 aliphatic rings. The first kappa shape index (κ1) is 28.7. The molecule has 0 radical (unpaired) electrons. The van der Waals surface area contributed by atoms with Crippen LogP contribution in [0.5, 0.6) is 11.5 Å². The molecule has 3 atom stereocenters. The molecule has 11 heteroatoms. The second-order valence-corrected chi connectivity index (χ2v) is 10.3. The van der Waals surface area contributed by atoms with Gasteiger partial charge in [0.05, 0.1) is 24.6 Å². The minimum Gasteiger partial charge on any atom is -0.493 e. The fourth-order valence-electron chi connectivity index (χ4n) is 5.28. The summed E-state index contributed by atoms with van der Waals surface area (Å²) in [6, 6.07) is 21.5. The summed E-state index contributed by atoms with van der Waals surface area (Å²) in [5.41, 5.74) is 1.89. The monoisotopic (exact) mass is 596 g/mol. The molecule has 1 N–H and O–H groups in total. The lowest BCUT2D eigenvalue weighted by Gasteiger charge is -2.14. The number of carbonyl (C=O) groups excluding carboxylic acids is 2. The number of carbonyl (C=O) groups is 2. The van der Waals surface area contributed by atoms with Gasteiger partial charge in [0, 0.05) is 24.1 Å². The highest BCUT2D eigenvalue weighted by Crippen LogP contribution is 2.65. The molecule has 0 bridgehead atoms. The zero-order valence-corrected chi connectivity index (χ0v) is 23.6. The van der Waals surface area contributed by atoms with Crippen LogP contribution in [0.4, 0.5) is 8.78 Å². The van der Waals surface area contributed by atoms with Crippen molar-refractivity contribution < 1.29 is 32.4 Å². The van der Waals surface area contributed by atoms with Gasteiger partial charge in [-0.2, -0.15) is 4.98 Å². The van der Waals surface area contributed by atoms with Crippen LogP contribution in [0.1, 0.15) is 74.4 Å². The van der Waals surface area contributed by atoms with Gasteiger partial charge >= 0.3 is 5.97 Å². The van der Waals surface area contributed by atoms with Crippen molar-refractivity contribution in [2.75, 3.05) is 7.11 Å². The number of benzene rings is 3. The normalized spacial score (nSPS) is 17.9. The van der Waals surface area contributed by atoms with Gasteiger partial charge in [0.25, 0.3) is 5.91 Å². The van der Waals surface area contributed by atoms with Gasteiger partial charge in [0.15, 0.2) is 17.3 Å². The first-order valence-corrected chi connectivity index (χ1v) is 13.8. The second kappa shape index (κ2) is 12.0. The van der Waals surface area contributed by atoms with Gasteiger partial charge in [-0.3, -0.25) is 4.79 Å². The fraction of sp³-hybridized carbons (Fsp3) is 0.182. The highest BCUT2D eigenvalue weighted by Gasteiger charge is 2.56. The quantitative estimate of drug-likeness (QED) is 0.202. The largest absolute Gasteiger partial charge is 0.493 e. The highest BCUT2D eigenvalue weighted by atomic mass is 19.1. The SMILES string of the molecule is COc1ccnc(C(=O)N[C@@H](C)c2noc(C3C(c4ccc(F)cc4)C3c3ccc(F)cc3)n2)c1OC(=O)c1ccccc1. The number of hydrogen-bond acceptors (Lipinski definition) is 8. The minimum atomic E-state index is -0.724. The lowest BCUT2D eigenvalue weighted by atomic mass is 10.0. The number of halogens is 2. The summed E-state index contributed by atoms with van der Waals surface area (Å²) >= 11 is 0. The molecule has 6 rings (SSSR count). The molecule has 0 saturated heterocycles. The Kier molecular flexibility index (Phi) is 7.84. The van der Waals surface area contributed by atoms with Crippen LogP contribution in [0, 0.1) is 11.6 Å². The van der Waals surface area contributed by atoms with Gasteiger partial charge in [-0.15, -0.1) is 0 Å². The summed E-state index contributed by atoms with van der Waals surface area (Å²) in [6.07, 6.45) is 1.36. The summed E-state index contributed by atoms with van der Waals surface area (Å²) < 4.78 is 43.8. The molecule has 1 saturated carbocycles. The maximum Gasteiger partial charge on any atom is 0.343 e. The molecule has 3 aromatic carbocycles. The molecule has 0 spiro atoms. The van der Waals surface area contributed by atoms with Crippen molar-refractivity contribution in [3.63, 3.8) is 0 Å². The van der Waals surface area contributed by atoms with Crippen LogP contribution in [-0.4, -0.2) is 34.1 Å². The highest BCUT2D eigenvalue weighted by molar-refractivity contribution is 5.98. The maximum absolute atomic E-state index is 13.6. The van der Waals surface area contributed by atoms with E-state index in [9.17, 15) is 18.4 Å². The van der Waals surface area contributed by atoms with E-state index in [2.05, 4.69) is 20.4 Å². The molecule has 2 heterocycles. The lowest BCUT2D eigenvalue weighted by Crippen LogP contribution is -2.29. The van der Waals surface area contributed by atoms with Crippen LogP contribution in [0.3, 0.4) is 0 Å². The van der Waals surface area contributed by atoms with E-state index >= 15 is 0 Å². The minimum absolute atomic E-state index is 0.0953. The molecule has 2 aromatic heterocycles. The molecule has 1 fully saturated rings. The van der Waals surface area contributed by atoms with E-state index in [1.807, 2.05) is 0 Å². The molecule has 222 valence electrons. The Balaban J connectivity index is 1.22. The number of pyridine rings is 1. The van der Waals surface area contributed by atoms with E-state index in [1.54, 1.807) is 61.5 Å². The van der Waals surface area contributed by atoms with Crippen LogP contribution >= 0.6 is 0 Å². The fourth-order valence-corrected chi connectivity index (χ4v) is 5.28. The van der Waals surface area contributed by atoms with Crippen molar-refractivity contribution in [1.29, 1.82) is 0 Å². The molecule has 1 aliphatic carbocycles. The Morgan fingerprint density at radius 2 is 1.48 bits per heavy atom. The van der Waals surface area contributed by atoms with Gasteiger partial charge in [-0.05, 0) is 54.4 Å². The number of nitrogens with zero attached hydrogens (tertiary/aromatic N) is 3. The number of methoxy groups -OCH3 is 1. The van der Waals surface area contributed by atoms with Crippen LogP contribution in [0.25, 0.3) is 0 Å². The summed E-state index contributed by atoms with van der Waals surface area (Å²) in [5, 5.41) is 6.87. The standard InChI is InChI=1S/C33H26F2N4O5/c1-18(37-31(40)28-29(24(42-2)16-17-36-28)43-33(41)21-6-4-3-5-7-21)30-38-32(44-39-30)27-25(19-8-12-22(34)13-9-19)26(27)20-10-14-23(35)15-11-20/h3-18,25-27H,1-2H3,(H,37,40)/t18-,25?,26?,27?/m0/s1. The third-order valence-electron chi connectivity index (χ3n) is 7.51. The molecular weight excluding hydrogens is 570 g/mol. The molecule has 9 nitrogen and oxygen atoms in total. The Bertz CT molecular complexity index is 1740. The van der Waals surface area contributed by atoms with E-state index < -0.39 is 17.9 Å². The van der Waals surface area contributed by atoms with Gasteiger partial charge in [-0.1, -0.05) is 47.6 Å². The second-order valence-electron chi connectivity index (χ2n) is 10.3. The van der Waals surface area contributed by atoms with Crippen LogP contribution in [-0.2, 0) is 0 Å². The number of esters is 1. The van der Waals surface area contributed by atoms with Crippen molar-refractivity contribution in [1.82, 2.24) is 20.4 Å². The van der Waals surface area contributed by atoms with E-state index in [-0.39, 0.29) is 58.0 Å². The van der Waals surface area contributed by atoms with Gasteiger partial charge in [0.1, 0.15) is 11.6 Å². The maximum atomic E-state index is 13.6. The number of nitrogens with one attached hydrogen (secondary N) is 1. The Labute approximate surface area is 250 Å². The summed E-state index contributed by atoms with van der Waals surface area (Å²) in [7, 11) is 1.39. The summed E-state index contributed by atoms with van der Waals surface area (Å²) in [4.78, 5) is 34.8. The van der Waals surface area contributed by atoms with Crippen molar-refractivity contribution in [2.45, 2.75) is 30.7 Å². The third kappa shape index (κ3) is 5.76. The zero-order chi connectivity index (χ0) is 30.8. The average Bonchev–Trinajstić information content (AvgIpc) is 3.58. The zero-order valence-electron chi connectivity index (χ0n) is 23.6. The summed E-state index contributed by atoms with van der Waals surface area (Å²) in [5.74, 6) is -1.90. The van der Waals surface area contributed by atoms with Crippen LogP contribution < -0.4 is 14.8 Å². The van der Waals surface area contributed by atoms with Gasteiger partial charge < -0.3 is 19.3 Å². The van der Waals surface area contributed by atoms with Crippen molar-refractivity contribution in [3.8, 4) is 11.5 Å². The molecular formula is C33H26F2N4O5. The van der Waals surface area contributed by atoms with Gasteiger partial charge in [0.2, 0.25) is 11.6 Å². The van der Waals surface area contributed by atoms with Crippen molar-refractivity contribution >= 4 is 11.9 Å². The van der Waals surface area contributed by atoms with Crippen LogP contribution in [0.15, 0.2) is 95.6 Å². The number of ether oxygens (including phenoxy) is 2. The average molecular weight is 597 g/mol. The van der Waals surface area contributed by atoms with E-state index in [4.69, 9.17) is 14.0 Å². The predicted molar refractivity (Wildman–Crippen MR) is 153 cm³/mol. The van der Waals surface area contributed by atoms with Crippen LogP contribution in [0.2, 0.25) is 0 Å². The predicted octanol–water partition coefficient (Wildman–Crippen LogP) is 6.13. The van der Waals surface area contributed by atoms with E-state index in [0.717, 1.165) is 11.1 Å². The first-order chi connectivity index (χ1) is 21.3. The van der Waals surface area contributed by atoms with Crippen molar-refractivity contribution in [2.24, 2.45) is 0 Å². The van der Waals surface area contributed by atoms with Crippen molar-refractivity contribution in [3.05, 3.63) is 137 Å². The Morgan fingerprint density at radius 1 is 0.864 bits per heavy atom. The van der Waals surface area contributed by atoms with E-state index in [1.165, 1.54) is 43.6 Å². The lowest BCUT2D eigenvalue weighted by molar-refractivity contribution is 0.0725. The number of hydrogen-bond donors (Lipinski definition) is 1. The number of aromatic nitrogens is 3. The first-order valence-electron chi connectivity index (χ1n) is 13.8. The smallest absolute Gasteiger partial charge is 0.343 e.